The van der Waals surface area contributed by atoms with E-state index in [-0.39, 0.29) is 10.7 Å². The van der Waals surface area contributed by atoms with Gasteiger partial charge in [0.15, 0.2) is 11.5 Å². The molecule has 0 aliphatic carbocycles. The van der Waals surface area contributed by atoms with Gasteiger partial charge < -0.3 is 9.47 Å². The maximum Gasteiger partial charge on any atom is 0.296 e. The quantitative estimate of drug-likeness (QED) is 0.824. The van der Waals surface area contributed by atoms with Crippen LogP contribution in [0.15, 0.2) is 12.1 Å². The van der Waals surface area contributed by atoms with Crippen molar-refractivity contribution in [1.29, 1.82) is 0 Å². The van der Waals surface area contributed by atoms with E-state index in [0.29, 0.717) is 24.7 Å². The number of rotatable bonds is 2. The number of halogens is 1. The standard InChI is InChI=1S/C8H9ClN2O4S/c9-5-3-7-8(15-2-1-14-7)4-6(5)11-16(10,12)13/h3-4,11H,1-2H2,(H2,10,12,13). The molecule has 0 unspecified atom stereocenters. The lowest BCUT2D eigenvalue weighted by Gasteiger charge is -2.19. The van der Waals surface area contributed by atoms with Gasteiger partial charge in [0, 0.05) is 12.1 Å². The van der Waals surface area contributed by atoms with Crippen molar-refractivity contribution in [3.63, 3.8) is 0 Å². The molecular formula is C8H9ClN2O4S. The molecule has 0 amide bonds. The van der Waals surface area contributed by atoms with Crippen LogP contribution in [0.25, 0.3) is 0 Å². The summed E-state index contributed by atoms with van der Waals surface area (Å²) >= 11 is 5.85. The summed E-state index contributed by atoms with van der Waals surface area (Å²) in [6, 6.07) is 2.91. The zero-order valence-electron chi connectivity index (χ0n) is 8.07. The third-order valence-electron chi connectivity index (χ3n) is 1.88. The normalized spacial score (nSPS) is 14.6. The topological polar surface area (TPSA) is 90.7 Å². The number of hydrogen-bond acceptors (Lipinski definition) is 4. The Balaban J connectivity index is 2.40. The molecular weight excluding hydrogens is 256 g/mol. The Morgan fingerprint density at radius 3 is 2.38 bits per heavy atom. The van der Waals surface area contributed by atoms with Gasteiger partial charge in [0.25, 0.3) is 10.2 Å². The van der Waals surface area contributed by atoms with Crippen molar-refractivity contribution in [2.24, 2.45) is 5.14 Å². The molecule has 1 aliphatic rings. The molecule has 88 valence electrons. The molecule has 16 heavy (non-hydrogen) atoms. The Kier molecular flexibility index (Phi) is 2.83. The van der Waals surface area contributed by atoms with Crippen LogP contribution in [0, 0.1) is 0 Å². The molecule has 3 N–H and O–H groups in total. The molecule has 0 radical (unpaired) electrons. The predicted octanol–water partition coefficient (Wildman–Crippen LogP) is 0.727. The van der Waals surface area contributed by atoms with Crippen LogP contribution < -0.4 is 19.3 Å². The van der Waals surface area contributed by atoms with Gasteiger partial charge in [-0.1, -0.05) is 11.6 Å². The number of hydrogen-bond donors (Lipinski definition) is 2. The van der Waals surface area contributed by atoms with Crippen molar-refractivity contribution in [3.8, 4) is 11.5 Å². The van der Waals surface area contributed by atoms with E-state index in [1.54, 1.807) is 0 Å². The fourth-order valence-electron chi connectivity index (χ4n) is 1.30. The first kappa shape index (κ1) is 11.3. The minimum absolute atomic E-state index is 0.161. The fourth-order valence-corrected chi connectivity index (χ4v) is 2.03. The molecule has 1 aliphatic heterocycles. The van der Waals surface area contributed by atoms with Crippen LogP contribution in [0.2, 0.25) is 5.02 Å². The highest BCUT2D eigenvalue weighted by molar-refractivity contribution is 7.90. The molecule has 1 heterocycles. The predicted molar refractivity (Wildman–Crippen MR) is 59.2 cm³/mol. The lowest BCUT2D eigenvalue weighted by molar-refractivity contribution is 0.171. The minimum atomic E-state index is -3.86. The van der Waals surface area contributed by atoms with Crippen LogP contribution in [0.5, 0.6) is 11.5 Å². The van der Waals surface area contributed by atoms with Gasteiger partial charge in [-0.25, -0.2) is 5.14 Å². The Labute approximate surface area is 97.5 Å². The Bertz CT molecular complexity index is 517. The highest BCUT2D eigenvalue weighted by Gasteiger charge is 2.16. The van der Waals surface area contributed by atoms with Crippen molar-refractivity contribution in [2.45, 2.75) is 0 Å². The molecule has 2 rings (SSSR count). The van der Waals surface area contributed by atoms with Crippen LogP contribution in [0.1, 0.15) is 0 Å². The van der Waals surface area contributed by atoms with E-state index in [4.69, 9.17) is 26.2 Å². The molecule has 0 atom stereocenters. The number of anilines is 1. The molecule has 0 aromatic heterocycles. The van der Waals surface area contributed by atoms with Gasteiger partial charge in [-0.3, -0.25) is 4.72 Å². The highest BCUT2D eigenvalue weighted by atomic mass is 35.5. The smallest absolute Gasteiger partial charge is 0.296 e. The van der Waals surface area contributed by atoms with E-state index in [0.717, 1.165) is 0 Å². The van der Waals surface area contributed by atoms with Crippen molar-refractivity contribution in [3.05, 3.63) is 17.2 Å². The van der Waals surface area contributed by atoms with Crippen LogP contribution in [0.4, 0.5) is 5.69 Å². The van der Waals surface area contributed by atoms with Gasteiger partial charge >= 0.3 is 0 Å². The summed E-state index contributed by atoms with van der Waals surface area (Å²) in [6.07, 6.45) is 0. The summed E-state index contributed by atoms with van der Waals surface area (Å²) in [5, 5.41) is 5.04. The zero-order valence-corrected chi connectivity index (χ0v) is 9.64. The van der Waals surface area contributed by atoms with E-state index in [9.17, 15) is 8.42 Å². The Morgan fingerprint density at radius 1 is 1.25 bits per heavy atom. The lowest BCUT2D eigenvalue weighted by atomic mass is 10.2. The number of nitrogens with two attached hydrogens (primary N) is 1. The second kappa shape index (κ2) is 4.00. The van der Waals surface area contributed by atoms with Gasteiger partial charge in [-0.15, -0.1) is 0 Å². The summed E-state index contributed by atoms with van der Waals surface area (Å²) in [4.78, 5) is 0. The third-order valence-corrected chi connectivity index (χ3v) is 2.70. The molecule has 0 fully saturated rings. The van der Waals surface area contributed by atoms with Gasteiger partial charge in [0.05, 0.1) is 10.7 Å². The number of fused-ring (bicyclic) bond motifs is 1. The maximum atomic E-state index is 10.9. The lowest BCUT2D eigenvalue weighted by Crippen LogP contribution is -2.22. The summed E-state index contributed by atoms with van der Waals surface area (Å²) in [6.45, 7) is 0.842. The Hall–Kier alpha value is -1.18. The summed E-state index contributed by atoms with van der Waals surface area (Å²) in [5.41, 5.74) is 0.161. The van der Waals surface area contributed by atoms with E-state index in [1.165, 1.54) is 12.1 Å². The second-order valence-electron chi connectivity index (χ2n) is 3.12. The minimum Gasteiger partial charge on any atom is -0.486 e. The molecule has 0 saturated heterocycles. The highest BCUT2D eigenvalue weighted by Crippen LogP contribution is 2.38. The summed E-state index contributed by atoms with van der Waals surface area (Å²) < 4.78 is 34.3. The van der Waals surface area contributed by atoms with Crippen molar-refractivity contribution in [2.75, 3.05) is 17.9 Å². The first-order chi connectivity index (χ1) is 7.46. The average molecular weight is 265 g/mol. The molecule has 0 bridgehead atoms. The summed E-state index contributed by atoms with van der Waals surface area (Å²) in [5.74, 6) is 0.915. The molecule has 0 spiro atoms. The molecule has 8 heteroatoms. The van der Waals surface area contributed by atoms with E-state index < -0.39 is 10.2 Å². The van der Waals surface area contributed by atoms with Gasteiger partial charge in [-0.05, 0) is 0 Å². The van der Waals surface area contributed by atoms with Gasteiger partial charge in [-0.2, -0.15) is 8.42 Å². The number of nitrogens with one attached hydrogen (secondary N) is 1. The first-order valence-corrected chi connectivity index (χ1v) is 6.28. The largest absolute Gasteiger partial charge is 0.486 e. The van der Waals surface area contributed by atoms with Crippen molar-refractivity contribution < 1.29 is 17.9 Å². The molecule has 0 saturated carbocycles. The SMILES string of the molecule is NS(=O)(=O)Nc1cc2c(cc1Cl)OCCO2. The van der Waals surface area contributed by atoms with E-state index in [2.05, 4.69) is 4.72 Å². The maximum absolute atomic E-state index is 10.9. The first-order valence-electron chi connectivity index (χ1n) is 4.35. The molecule has 1 aromatic carbocycles. The Morgan fingerprint density at radius 2 is 1.81 bits per heavy atom. The monoisotopic (exact) mass is 264 g/mol. The van der Waals surface area contributed by atoms with Crippen LogP contribution in [-0.4, -0.2) is 21.6 Å². The van der Waals surface area contributed by atoms with Crippen LogP contribution in [-0.2, 0) is 10.2 Å². The molecule has 6 nitrogen and oxygen atoms in total. The van der Waals surface area contributed by atoms with Crippen LogP contribution in [0.3, 0.4) is 0 Å². The van der Waals surface area contributed by atoms with Crippen LogP contribution >= 0.6 is 11.6 Å². The van der Waals surface area contributed by atoms with E-state index >= 15 is 0 Å². The molecule has 1 aromatic rings. The average Bonchev–Trinajstić information content (AvgIpc) is 2.17. The number of ether oxygens (including phenoxy) is 2. The fraction of sp³-hybridized carbons (Fsp3) is 0.250. The van der Waals surface area contributed by atoms with Crippen molar-refractivity contribution in [1.82, 2.24) is 0 Å². The zero-order chi connectivity index (χ0) is 11.8. The summed E-state index contributed by atoms with van der Waals surface area (Å²) in [7, 11) is -3.86. The van der Waals surface area contributed by atoms with E-state index in [1.807, 2.05) is 0 Å². The van der Waals surface area contributed by atoms with Gasteiger partial charge in [0.2, 0.25) is 0 Å². The van der Waals surface area contributed by atoms with Crippen molar-refractivity contribution >= 4 is 27.5 Å². The second-order valence-corrected chi connectivity index (χ2v) is 4.82. The van der Waals surface area contributed by atoms with Gasteiger partial charge in [0.1, 0.15) is 13.2 Å². The number of benzene rings is 1. The third kappa shape index (κ3) is 2.49.